The number of hydrogen-bond donors (Lipinski definition) is 4. The molecule has 0 bridgehead atoms. The molecule has 0 radical (unpaired) electrons. The average Bonchev–Trinajstić information content (AvgIpc) is 3.09. The van der Waals surface area contributed by atoms with Gasteiger partial charge in [-0.05, 0) is 38.8 Å². The summed E-state index contributed by atoms with van der Waals surface area (Å²) in [7, 11) is 1.67. The van der Waals surface area contributed by atoms with Crippen LogP contribution in [0.25, 0.3) is 0 Å². The van der Waals surface area contributed by atoms with Crippen molar-refractivity contribution in [2.24, 2.45) is 4.99 Å². The van der Waals surface area contributed by atoms with E-state index in [1.165, 1.54) is 0 Å². The number of aliphatic imine (C=N–C) groups is 1. The van der Waals surface area contributed by atoms with Gasteiger partial charge in [0.2, 0.25) is 0 Å². The van der Waals surface area contributed by atoms with E-state index in [2.05, 4.69) is 15.6 Å². The molecule has 0 spiro atoms. The highest BCUT2D eigenvalue weighted by Crippen LogP contribution is 2.28. The first-order chi connectivity index (χ1) is 10.3. The van der Waals surface area contributed by atoms with Gasteiger partial charge in [0.25, 0.3) is 0 Å². The zero-order valence-corrected chi connectivity index (χ0v) is 13.6. The Balaban J connectivity index is 1.85. The van der Waals surface area contributed by atoms with Crippen molar-refractivity contribution < 1.29 is 14.6 Å². The molecule has 0 saturated heterocycles. The second-order valence-corrected chi connectivity index (χ2v) is 6.39. The summed E-state index contributed by atoms with van der Waals surface area (Å²) in [5.74, 6) is 1.84. The van der Waals surface area contributed by atoms with E-state index in [4.69, 9.17) is 4.42 Å². The molecule has 1 unspecified atom stereocenters. The van der Waals surface area contributed by atoms with E-state index >= 15 is 0 Å². The molecule has 6 nitrogen and oxygen atoms in total. The third kappa shape index (κ3) is 4.24. The van der Waals surface area contributed by atoms with Gasteiger partial charge in [0.1, 0.15) is 17.1 Å². The summed E-state index contributed by atoms with van der Waals surface area (Å²) >= 11 is 0. The molecular weight excluding hydrogens is 282 g/mol. The fraction of sp³-hybridized carbons (Fsp3) is 0.688. The van der Waals surface area contributed by atoms with Crippen LogP contribution >= 0.6 is 0 Å². The molecule has 1 aromatic heterocycles. The maximum atomic E-state index is 10.5. The minimum absolute atomic E-state index is 0.262. The first-order valence-corrected chi connectivity index (χ1v) is 7.81. The van der Waals surface area contributed by atoms with Crippen LogP contribution in [0.3, 0.4) is 0 Å². The number of guanidine groups is 1. The van der Waals surface area contributed by atoms with Crippen LogP contribution in [0.2, 0.25) is 0 Å². The molecule has 1 aliphatic carbocycles. The maximum Gasteiger partial charge on any atom is 0.191 e. The minimum Gasteiger partial charge on any atom is -0.463 e. The molecule has 124 valence electrons. The van der Waals surface area contributed by atoms with Crippen LogP contribution in [0.15, 0.2) is 21.5 Å². The molecule has 1 saturated carbocycles. The van der Waals surface area contributed by atoms with Crippen molar-refractivity contribution >= 4 is 5.96 Å². The maximum absolute atomic E-state index is 10.5. The Morgan fingerprint density at radius 3 is 2.59 bits per heavy atom. The van der Waals surface area contributed by atoms with Crippen molar-refractivity contribution in [1.29, 1.82) is 0 Å². The van der Waals surface area contributed by atoms with Crippen LogP contribution in [0.5, 0.6) is 0 Å². The summed E-state index contributed by atoms with van der Waals surface area (Å²) in [6.45, 7) is 4.26. The number of aliphatic hydroxyl groups is 2. The Bertz CT molecular complexity index is 516. The van der Waals surface area contributed by atoms with E-state index in [9.17, 15) is 10.2 Å². The summed E-state index contributed by atoms with van der Waals surface area (Å²) in [6.07, 6.45) is 3.77. The van der Waals surface area contributed by atoms with E-state index < -0.39 is 11.2 Å². The van der Waals surface area contributed by atoms with Crippen molar-refractivity contribution in [3.05, 3.63) is 23.7 Å². The molecular formula is C16H27N3O3. The molecule has 4 N–H and O–H groups in total. The van der Waals surface area contributed by atoms with E-state index in [1.807, 2.05) is 13.0 Å². The minimum atomic E-state index is -1.13. The van der Waals surface area contributed by atoms with Gasteiger partial charge in [-0.2, -0.15) is 0 Å². The van der Waals surface area contributed by atoms with Crippen molar-refractivity contribution in [3.8, 4) is 0 Å². The van der Waals surface area contributed by atoms with Crippen LogP contribution in [-0.4, -0.2) is 41.9 Å². The smallest absolute Gasteiger partial charge is 0.191 e. The molecule has 0 aliphatic heterocycles. The summed E-state index contributed by atoms with van der Waals surface area (Å²) in [6, 6.07) is 3.60. The SMILES string of the molecule is CN=C(NCC1(O)CCCC1)NCC(C)(O)c1ccc(C)o1. The first-order valence-electron chi connectivity index (χ1n) is 7.81. The van der Waals surface area contributed by atoms with Gasteiger partial charge in [0, 0.05) is 13.6 Å². The van der Waals surface area contributed by atoms with Crippen LogP contribution in [0.1, 0.15) is 44.1 Å². The van der Waals surface area contributed by atoms with Crippen molar-refractivity contribution in [3.63, 3.8) is 0 Å². The molecule has 6 heteroatoms. The Morgan fingerprint density at radius 2 is 2.05 bits per heavy atom. The zero-order chi connectivity index (χ0) is 16.2. The van der Waals surface area contributed by atoms with Crippen LogP contribution in [-0.2, 0) is 5.60 Å². The molecule has 1 atom stereocenters. The van der Waals surface area contributed by atoms with Crippen LogP contribution in [0.4, 0.5) is 0 Å². The number of hydrogen-bond acceptors (Lipinski definition) is 4. The zero-order valence-electron chi connectivity index (χ0n) is 13.6. The number of nitrogens with zero attached hydrogens (tertiary/aromatic N) is 1. The van der Waals surface area contributed by atoms with Crippen LogP contribution < -0.4 is 10.6 Å². The topological polar surface area (TPSA) is 90.0 Å². The predicted octanol–water partition coefficient (Wildman–Crippen LogP) is 1.27. The van der Waals surface area contributed by atoms with Gasteiger partial charge < -0.3 is 25.3 Å². The summed E-state index contributed by atoms with van der Waals surface area (Å²) in [5.41, 5.74) is -1.77. The standard InChI is InChI=1S/C16H27N3O3/c1-12-6-7-13(22-12)15(2,20)10-18-14(17-3)19-11-16(21)8-4-5-9-16/h6-7,20-21H,4-5,8-11H2,1-3H3,(H2,17,18,19). The van der Waals surface area contributed by atoms with E-state index in [1.54, 1.807) is 20.0 Å². The van der Waals surface area contributed by atoms with Crippen LogP contribution in [0, 0.1) is 6.92 Å². The molecule has 22 heavy (non-hydrogen) atoms. The predicted molar refractivity (Wildman–Crippen MR) is 85.8 cm³/mol. The molecule has 0 aromatic carbocycles. The fourth-order valence-electron chi connectivity index (χ4n) is 2.75. The van der Waals surface area contributed by atoms with E-state index in [-0.39, 0.29) is 6.54 Å². The van der Waals surface area contributed by atoms with Gasteiger partial charge in [-0.1, -0.05) is 12.8 Å². The largest absolute Gasteiger partial charge is 0.463 e. The van der Waals surface area contributed by atoms with Gasteiger partial charge in [0.15, 0.2) is 5.96 Å². The Labute approximate surface area is 131 Å². The lowest BCUT2D eigenvalue weighted by atomic mass is 10.0. The van der Waals surface area contributed by atoms with Gasteiger partial charge >= 0.3 is 0 Å². The number of furan rings is 1. The molecule has 2 rings (SSSR count). The highest BCUT2D eigenvalue weighted by molar-refractivity contribution is 5.79. The molecule has 0 amide bonds. The van der Waals surface area contributed by atoms with Gasteiger partial charge in [-0.15, -0.1) is 0 Å². The van der Waals surface area contributed by atoms with Gasteiger partial charge in [-0.3, -0.25) is 4.99 Å². The lowest BCUT2D eigenvalue weighted by molar-refractivity contribution is 0.0371. The molecule has 1 fully saturated rings. The Kier molecular flexibility index (Phi) is 5.13. The molecule has 1 aromatic rings. The van der Waals surface area contributed by atoms with Gasteiger partial charge in [-0.25, -0.2) is 0 Å². The van der Waals surface area contributed by atoms with E-state index in [0.29, 0.717) is 18.3 Å². The summed E-state index contributed by atoms with van der Waals surface area (Å²) in [5, 5.41) is 27.0. The number of rotatable bonds is 5. The first kappa shape index (κ1) is 16.8. The average molecular weight is 309 g/mol. The lowest BCUT2D eigenvalue weighted by Crippen LogP contribution is -2.48. The third-order valence-electron chi connectivity index (χ3n) is 4.21. The monoisotopic (exact) mass is 309 g/mol. The summed E-state index contributed by atoms with van der Waals surface area (Å²) < 4.78 is 5.48. The quantitative estimate of drug-likeness (QED) is 0.486. The van der Waals surface area contributed by atoms with Crippen molar-refractivity contribution in [1.82, 2.24) is 10.6 Å². The molecule has 1 aliphatic rings. The summed E-state index contributed by atoms with van der Waals surface area (Å²) in [4.78, 5) is 4.12. The molecule has 1 heterocycles. The fourth-order valence-corrected chi connectivity index (χ4v) is 2.75. The van der Waals surface area contributed by atoms with Crippen molar-refractivity contribution in [2.45, 2.75) is 50.7 Å². The number of aryl methyl sites for hydroxylation is 1. The highest BCUT2D eigenvalue weighted by Gasteiger charge is 2.31. The van der Waals surface area contributed by atoms with Crippen molar-refractivity contribution in [2.75, 3.05) is 20.1 Å². The van der Waals surface area contributed by atoms with E-state index in [0.717, 1.165) is 31.4 Å². The lowest BCUT2D eigenvalue weighted by Gasteiger charge is -2.26. The Morgan fingerprint density at radius 1 is 1.36 bits per heavy atom. The van der Waals surface area contributed by atoms with Gasteiger partial charge in [0.05, 0.1) is 12.1 Å². The number of nitrogens with one attached hydrogen (secondary N) is 2. The highest BCUT2D eigenvalue weighted by atomic mass is 16.4. The Hall–Kier alpha value is -1.53. The second kappa shape index (κ2) is 6.71. The second-order valence-electron chi connectivity index (χ2n) is 6.39. The normalized spacial score (nSPS) is 20.7. The third-order valence-corrected chi connectivity index (χ3v) is 4.21.